The molecule has 1 aliphatic carbocycles. The van der Waals surface area contributed by atoms with E-state index >= 15 is 0 Å². The number of halogens is 1. The summed E-state index contributed by atoms with van der Waals surface area (Å²) in [6.07, 6.45) is 9.93. The third kappa shape index (κ3) is 3.57. The molecule has 0 atom stereocenters. The molecule has 26 heavy (non-hydrogen) atoms. The zero-order chi connectivity index (χ0) is 18.1. The highest BCUT2D eigenvalue weighted by atomic mass is 35.5. The molecule has 2 fully saturated rings. The molecule has 0 radical (unpaired) electrons. The maximum absolute atomic E-state index is 7.72. The molecule has 1 aliphatic heterocycles. The Bertz CT molecular complexity index is 793. The van der Waals surface area contributed by atoms with Gasteiger partial charge in [-0.25, -0.2) is 0 Å². The smallest absolute Gasteiger partial charge is 0.0770 e. The molecule has 7 heteroatoms. The van der Waals surface area contributed by atoms with Crippen molar-refractivity contribution in [3.8, 4) is 0 Å². The molecule has 1 aromatic carbocycles. The van der Waals surface area contributed by atoms with Crippen molar-refractivity contribution >= 4 is 34.9 Å². The van der Waals surface area contributed by atoms with Gasteiger partial charge in [-0.05, 0) is 37.8 Å². The molecule has 1 saturated carbocycles. The zero-order valence-corrected chi connectivity index (χ0v) is 15.7. The summed E-state index contributed by atoms with van der Waals surface area (Å²) in [6, 6.07) is 4.46. The highest BCUT2D eigenvalue weighted by molar-refractivity contribution is 6.33. The van der Waals surface area contributed by atoms with Crippen molar-refractivity contribution in [2.24, 2.45) is 0 Å². The third-order valence-electron chi connectivity index (χ3n) is 5.19. The number of aromatic nitrogens is 2. The Morgan fingerprint density at radius 1 is 1.27 bits per heavy atom. The molecular formula is C19H24ClN5O. The third-order valence-corrected chi connectivity index (χ3v) is 5.49. The van der Waals surface area contributed by atoms with Crippen LogP contribution in [0.2, 0.25) is 5.02 Å². The normalized spacial score (nSPS) is 18.2. The van der Waals surface area contributed by atoms with Crippen molar-refractivity contribution in [2.45, 2.75) is 37.8 Å². The second-order valence-corrected chi connectivity index (χ2v) is 7.43. The van der Waals surface area contributed by atoms with Gasteiger partial charge >= 0.3 is 0 Å². The lowest BCUT2D eigenvalue weighted by Gasteiger charge is -2.34. The number of benzene rings is 1. The van der Waals surface area contributed by atoms with Gasteiger partial charge in [0, 0.05) is 43.9 Å². The summed E-state index contributed by atoms with van der Waals surface area (Å²) >= 11 is 6.52. The summed E-state index contributed by atoms with van der Waals surface area (Å²) < 4.78 is 7.47. The van der Waals surface area contributed by atoms with Crippen molar-refractivity contribution in [3.63, 3.8) is 0 Å². The molecule has 2 N–H and O–H groups in total. The van der Waals surface area contributed by atoms with Gasteiger partial charge in [-0.3, -0.25) is 4.68 Å². The van der Waals surface area contributed by atoms with Crippen LogP contribution in [-0.2, 0) is 4.74 Å². The summed E-state index contributed by atoms with van der Waals surface area (Å²) in [5.74, 6) is 0. The Morgan fingerprint density at radius 2 is 2.04 bits per heavy atom. The van der Waals surface area contributed by atoms with Crippen LogP contribution in [0.5, 0.6) is 0 Å². The maximum Gasteiger partial charge on any atom is 0.0770 e. The van der Waals surface area contributed by atoms with Crippen molar-refractivity contribution < 1.29 is 4.74 Å². The number of anilines is 3. The van der Waals surface area contributed by atoms with Gasteiger partial charge in [-0.2, -0.15) is 5.10 Å². The van der Waals surface area contributed by atoms with Crippen LogP contribution in [0.1, 0.15) is 37.3 Å². The molecule has 0 spiro atoms. The van der Waals surface area contributed by atoms with Crippen LogP contribution < -0.4 is 10.2 Å². The van der Waals surface area contributed by atoms with E-state index in [9.17, 15) is 0 Å². The van der Waals surface area contributed by atoms with Crippen molar-refractivity contribution in [1.82, 2.24) is 9.78 Å². The Kier molecular flexibility index (Phi) is 4.87. The van der Waals surface area contributed by atoms with Gasteiger partial charge in [0.05, 0.1) is 34.7 Å². The first-order valence-electron chi connectivity index (χ1n) is 9.11. The van der Waals surface area contributed by atoms with Gasteiger partial charge in [0.15, 0.2) is 0 Å². The second-order valence-electron chi connectivity index (χ2n) is 7.02. The van der Waals surface area contributed by atoms with Crippen LogP contribution in [-0.4, -0.2) is 42.3 Å². The first-order chi connectivity index (χ1) is 12.7. The van der Waals surface area contributed by atoms with Gasteiger partial charge in [-0.15, -0.1) is 0 Å². The molecule has 0 bridgehead atoms. The lowest BCUT2D eigenvalue weighted by Crippen LogP contribution is -2.36. The minimum Gasteiger partial charge on any atom is -0.381 e. The highest BCUT2D eigenvalue weighted by Gasteiger charge is 2.25. The summed E-state index contributed by atoms with van der Waals surface area (Å²) in [5, 5.41) is 16.2. The quantitative estimate of drug-likeness (QED) is 0.744. The Balaban J connectivity index is 1.57. The maximum atomic E-state index is 7.72. The van der Waals surface area contributed by atoms with E-state index < -0.39 is 0 Å². The fourth-order valence-corrected chi connectivity index (χ4v) is 3.77. The molecule has 0 amide bonds. The second kappa shape index (κ2) is 7.29. The highest BCUT2D eigenvalue weighted by Crippen LogP contribution is 2.37. The molecule has 1 aromatic heterocycles. The number of methoxy groups -OCH3 is 1. The number of piperidine rings is 1. The lowest BCUT2D eigenvalue weighted by atomic mass is 10.1. The molecular weight excluding hydrogens is 350 g/mol. The number of nitrogens with zero attached hydrogens (tertiary/aromatic N) is 3. The van der Waals surface area contributed by atoms with E-state index in [1.165, 1.54) is 19.1 Å². The van der Waals surface area contributed by atoms with E-state index in [1.54, 1.807) is 7.11 Å². The Labute approximate surface area is 158 Å². The monoisotopic (exact) mass is 373 g/mol. The topological polar surface area (TPSA) is 66.2 Å². The van der Waals surface area contributed by atoms with Crippen LogP contribution in [0.25, 0.3) is 0 Å². The summed E-state index contributed by atoms with van der Waals surface area (Å²) in [6.45, 7) is 1.84. The number of nitrogens with one attached hydrogen (secondary N) is 2. The molecule has 0 unspecified atom stereocenters. The molecule has 6 nitrogen and oxygen atoms in total. The Morgan fingerprint density at radius 3 is 2.69 bits per heavy atom. The minimum atomic E-state index is 0.330. The fourth-order valence-electron chi connectivity index (χ4n) is 3.48. The van der Waals surface area contributed by atoms with Crippen LogP contribution >= 0.6 is 11.6 Å². The fraction of sp³-hybridized carbons (Fsp3) is 0.474. The SMILES string of the molecule is COC1CCN(c2cc(Nc3cnn(C4CC4)c3)c(C=N)cc2Cl)CC1. The van der Waals surface area contributed by atoms with Crippen molar-refractivity contribution in [2.75, 3.05) is 30.4 Å². The molecule has 138 valence electrons. The first-order valence-corrected chi connectivity index (χ1v) is 9.48. The molecule has 2 heterocycles. The summed E-state index contributed by atoms with van der Waals surface area (Å²) in [5.41, 5.74) is 3.59. The van der Waals surface area contributed by atoms with E-state index in [1.807, 2.05) is 29.2 Å². The van der Waals surface area contributed by atoms with E-state index in [2.05, 4.69) is 15.3 Å². The van der Waals surface area contributed by atoms with Crippen LogP contribution in [0.3, 0.4) is 0 Å². The predicted octanol–water partition coefficient (Wildman–Crippen LogP) is 4.23. The number of rotatable bonds is 6. The van der Waals surface area contributed by atoms with Crippen LogP contribution in [0.15, 0.2) is 24.5 Å². The Hall–Kier alpha value is -2.05. The first kappa shape index (κ1) is 17.4. The van der Waals surface area contributed by atoms with Crippen molar-refractivity contribution in [1.29, 1.82) is 5.41 Å². The molecule has 2 aliphatic rings. The van der Waals surface area contributed by atoms with Crippen LogP contribution in [0, 0.1) is 5.41 Å². The average molecular weight is 374 g/mol. The molecule has 1 saturated heterocycles. The summed E-state index contributed by atoms with van der Waals surface area (Å²) in [7, 11) is 1.77. The van der Waals surface area contributed by atoms with E-state index in [0.29, 0.717) is 17.2 Å². The van der Waals surface area contributed by atoms with Gasteiger partial charge < -0.3 is 20.4 Å². The zero-order valence-electron chi connectivity index (χ0n) is 14.9. The van der Waals surface area contributed by atoms with Gasteiger partial charge in [-0.1, -0.05) is 11.6 Å². The van der Waals surface area contributed by atoms with Gasteiger partial charge in [0.25, 0.3) is 0 Å². The van der Waals surface area contributed by atoms with E-state index in [0.717, 1.165) is 48.6 Å². The van der Waals surface area contributed by atoms with Crippen molar-refractivity contribution in [3.05, 3.63) is 35.1 Å². The lowest BCUT2D eigenvalue weighted by molar-refractivity contribution is 0.0819. The van der Waals surface area contributed by atoms with E-state index in [4.69, 9.17) is 21.7 Å². The number of ether oxygens (including phenoxy) is 1. The average Bonchev–Trinajstić information content (AvgIpc) is 3.42. The standard InChI is InChI=1S/C19H24ClN5O/c1-26-16-4-6-24(7-5-16)19-9-18(13(10-21)8-17(19)20)23-14-11-22-25(12-14)15-2-3-15/h8-12,15-16,21,23H,2-7H2,1H3. The minimum absolute atomic E-state index is 0.330. The van der Waals surface area contributed by atoms with Crippen LogP contribution in [0.4, 0.5) is 17.1 Å². The van der Waals surface area contributed by atoms with E-state index in [-0.39, 0.29) is 0 Å². The summed E-state index contributed by atoms with van der Waals surface area (Å²) in [4.78, 5) is 2.30. The molecule has 4 rings (SSSR count). The number of hydrogen-bond donors (Lipinski definition) is 2. The number of hydrogen-bond acceptors (Lipinski definition) is 5. The largest absolute Gasteiger partial charge is 0.381 e. The van der Waals surface area contributed by atoms with Gasteiger partial charge in [0.2, 0.25) is 0 Å². The molecule has 2 aromatic rings. The van der Waals surface area contributed by atoms with Gasteiger partial charge in [0.1, 0.15) is 0 Å². The predicted molar refractivity (Wildman–Crippen MR) is 105 cm³/mol.